The van der Waals surface area contributed by atoms with E-state index in [-0.39, 0.29) is 24.6 Å². The summed E-state index contributed by atoms with van der Waals surface area (Å²) in [5.41, 5.74) is -0.630. The number of benzene rings is 2. The van der Waals surface area contributed by atoms with Crippen LogP contribution in [-0.4, -0.2) is 30.4 Å². The van der Waals surface area contributed by atoms with Gasteiger partial charge in [-0.3, -0.25) is 0 Å². The van der Waals surface area contributed by atoms with Crippen molar-refractivity contribution in [2.24, 2.45) is 0 Å². The molecule has 3 N–H and O–H groups in total. The fourth-order valence-electron chi connectivity index (χ4n) is 1.97. The molecule has 2 aromatic carbocycles. The van der Waals surface area contributed by atoms with Crippen LogP contribution in [0.2, 0.25) is 0 Å². The van der Waals surface area contributed by atoms with Crippen molar-refractivity contribution in [1.82, 2.24) is 5.32 Å². The van der Waals surface area contributed by atoms with Gasteiger partial charge in [-0.1, -0.05) is 12.1 Å². The van der Waals surface area contributed by atoms with E-state index in [1.807, 2.05) is 0 Å². The number of rotatable bonds is 6. The molecular formula is C17H16F4N2O3. The van der Waals surface area contributed by atoms with Crippen LogP contribution in [0.5, 0.6) is 5.75 Å². The minimum absolute atomic E-state index is 0.0527. The van der Waals surface area contributed by atoms with E-state index < -0.39 is 29.7 Å². The highest BCUT2D eigenvalue weighted by atomic mass is 19.4. The van der Waals surface area contributed by atoms with Crippen molar-refractivity contribution < 1.29 is 32.2 Å². The summed E-state index contributed by atoms with van der Waals surface area (Å²) in [7, 11) is 0. The lowest BCUT2D eigenvalue weighted by atomic mass is 10.2. The van der Waals surface area contributed by atoms with Gasteiger partial charge in [0.2, 0.25) is 0 Å². The average Bonchev–Trinajstić information content (AvgIpc) is 2.58. The molecule has 9 heteroatoms. The average molecular weight is 372 g/mol. The molecule has 0 radical (unpaired) electrons. The van der Waals surface area contributed by atoms with Gasteiger partial charge >= 0.3 is 12.2 Å². The maximum Gasteiger partial charge on any atom is 0.416 e. The van der Waals surface area contributed by atoms with Crippen LogP contribution >= 0.6 is 0 Å². The summed E-state index contributed by atoms with van der Waals surface area (Å²) in [5.74, 6) is -0.569. The first-order valence-corrected chi connectivity index (χ1v) is 7.52. The van der Waals surface area contributed by atoms with Crippen LogP contribution in [0, 0.1) is 5.82 Å². The molecule has 0 spiro atoms. The van der Waals surface area contributed by atoms with Gasteiger partial charge in [-0.05, 0) is 36.4 Å². The van der Waals surface area contributed by atoms with Gasteiger partial charge in [0.25, 0.3) is 0 Å². The highest BCUT2D eigenvalue weighted by molar-refractivity contribution is 5.89. The maximum absolute atomic E-state index is 13.0. The van der Waals surface area contributed by atoms with Gasteiger partial charge in [0, 0.05) is 12.2 Å². The molecule has 2 amide bonds. The van der Waals surface area contributed by atoms with E-state index in [1.54, 1.807) is 0 Å². The van der Waals surface area contributed by atoms with E-state index in [1.165, 1.54) is 30.3 Å². The molecule has 1 unspecified atom stereocenters. The number of aliphatic hydroxyl groups excluding tert-OH is 1. The van der Waals surface area contributed by atoms with Gasteiger partial charge in [-0.25, -0.2) is 9.18 Å². The second-order valence-corrected chi connectivity index (χ2v) is 5.34. The van der Waals surface area contributed by atoms with Gasteiger partial charge in [0.05, 0.1) is 5.56 Å². The van der Waals surface area contributed by atoms with Crippen molar-refractivity contribution in [2.45, 2.75) is 12.3 Å². The number of alkyl halides is 3. The Morgan fingerprint density at radius 3 is 2.58 bits per heavy atom. The predicted molar refractivity (Wildman–Crippen MR) is 86.4 cm³/mol. The SMILES string of the molecule is O=C(NCC(O)COc1cccc(C(F)(F)F)c1)Nc1cccc(F)c1. The van der Waals surface area contributed by atoms with Crippen LogP contribution in [-0.2, 0) is 6.18 Å². The van der Waals surface area contributed by atoms with E-state index >= 15 is 0 Å². The minimum Gasteiger partial charge on any atom is -0.491 e. The number of urea groups is 1. The minimum atomic E-state index is -4.49. The molecule has 0 saturated heterocycles. The molecule has 2 rings (SSSR count). The number of carbonyl (C=O) groups is 1. The number of hydrogen-bond donors (Lipinski definition) is 3. The fraction of sp³-hybridized carbons (Fsp3) is 0.235. The Balaban J connectivity index is 1.77. The van der Waals surface area contributed by atoms with E-state index in [2.05, 4.69) is 10.6 Å². The van der Waals surface area contributed by atoms with Crippen molar-refractivity contribution in [1.29, 1.82) is 0 Å². The number of anilines is 1. The zero-order chi connectivity index (χ0) is 19.2. The molecule has 0 aliphatic carbocycles. The number of ether oxygens (including phenoxy) is 1. The van der Waals surface area contributed by atoms with E-state index in [4.69, 9.17) is 4.74 Å². The van der Waals surface area contributed by atoms with Gasteiger partial charge in [0.15, 0.2) is 0 Å². The van der Waals surface area contributed by atoms with E-state index in [0.717, 1.165) is 18.2 Å². The van der Waals surface area contributed by atoms with Gasteiger partial charge in [0.1, 0.15) is 24.3 Å². The monoisotopic (exact) mass is 372 g/mol. The first kappa shape index (κ1) is 19.5. The number of nitrogens with one attached hydrogen (secondary N) is 2. The Hall–Kier alpha value is -2.81. The lowest BCUT2D eigenvalue weighted by molar-refractivity contribution is -0.137. The van der Waals surface area contributed by atoms with Crippen molar-refractivity contribution in [3.8, 4) is 5.75 Å². The Morgan fingerprint density at radius 1 is 1.15 bits per heavy atom. The van der Waals surface area contributed by atoms with Gasteiger partial charge < -0.3 is 20.5 Å². The number of carbonyl (C=O) groups excluding carboxylic acids is 1. The second-order valence-electron chi connectivity index (χ2n) is 5.34. The van der Waals surface area contributed by atoms with Crippen molar-refractivity contribution >= 4 is 11.7 Å². The molecule has 0 aliphatic rings. The van der Waals surface area contributed by atoms with Crippen molar-refractivity contribution in [3.63, 3.8) is 0 Å². The third kappa shape index (κ3) is 6.25. The third-order valence-corrected chi connectivity index (χ3v) is 3.18. The number of aliphatic hydroxyl groups is 1. The van der Waals surface area contributed by atoms with Crippen LogP contribution in [0.15, 0.2) is 48.5 Å². The third-order valence-electron chi connectivity index (χ3n) is 3.18. The Labute approximate surface area is 146 Å². The molecule has 0 aromatic heterocycles. The summed E-state index contributed by atoms with van der Waals surface area (Å²) < 4.78 is 55.9. The normalized spacial score (nSPS) is 12.3. The standard InChI is InChI=1S/C17H16F4N2O3/c18-12-4-2-5-13(8-12)23-16(25)22-9-14(24)10-26-15-6-1-3-11(7-15)17(19,20)21/h1-8,14,24H,9-10H2,(H2,22,23,25). The largest absolute Gasteiger partial charge is 0.491 e. The van der Waals surface area contributed by atoms with Crippen LogP contribution in [0.4, 0.5) is 28.0 Å². The second kappa shape index (κ2) is 8.52. The Kier molecular flexibility index (Phi) is 6.40. The van der Waals surface area contributed by atoms with Crippen LogP contribution in [0.1, 0.15) is 5.56 Å². The van der Waals surface area contributed by atoms with Crippen molar-refractivity contribution in [3.05, 3.63) is 59.9 Å². The zero-order valence-electron chi connectivity index (χ0n) is 13.4. The molecule has 0 saturated carbocycles. The summed E-state index contributed by atoms with van der Waals surface area (Å²) >= 11 is 0. The molecule has 0 aliphatic heterocycles. The zero-order valence-corrected chi connectivity index (χ0v) is 13.4. The summed E-state index contributed by atoms with van der Waals surface area (Å²) in [5, 5.41) is 14.5. The van der Waals surface area contributed by atoms with Crippen LogP contribution < -0.4 is 15.4 Å². The van der Waals surface area contributed by atoms with E-state index in [9.17, 15) is 27.5 Å². The molecule has 0 heterocycles. The fourth-order valence-corrected chi connectivity index (χ4v) is 1.97. The van der Waals surface area contributed by atoms with Gasteiger partial charge in [-0.2, -0.15) is 13.2 Å². The molecular weight excluding hydrogens is 356 g/mol. The van der Waals surface area contributed by atoms with E-state index in [0.29, 0.717) is 0 Å². The first-order valence-electron chi connectivity index (χ1n) is 7.52. The highest BCUT2D eigenvalue weighted by Crippen LogP contribution is 2.31. The molecule has 5 nitrogen and oxygen atoms in total. The smallest absolute Gasteiger partial charge is 0.416 e. The Morgan fingerprint density at radius 2 is 1.88 bits per heavy atom. The maximum atomic E-state index is 13.0. The molecule has 26 heavy (non-hydrogen) atoms. The quantitative estimate of drug-likeness (QED) is 0.681. The first-order chi connectivity index (χ1) is 12.2. The van der Waals surface area contributed by atoms with Crippen LogP contribution in [0.25, 0.3) is 0 Å². The molecule has 140 valence electrons. The summed E-state index contributed by atoms with van der Waals surface area (Å²) in [6.45, 7) is -0.526. The number of halogens is 4. The number of hydrogen-bond acceptors (Lipinski definition) is 3. The van der Waals surface area contributed by atoms with Crippen molar-refractivity contribution in [2.75, 3.05) is 18.5 Å². The molecule has 0 bridgehead atoms. The molecule has 1 atom stereocenters. The lowest BCUT2D eigenvalue weighted by Crippen LogP contribution is -2.37. The molecule has 2 aromatic rings. The predicted octanol–water partition coefficient (Wildman–Crippen LogP) is 3.41. The Bertz CT molecular complexity index is 753. The van der Waals surface area contributed by atoms with Gasteiger partial charge in [-0.15, -0.1) is 0 Å². The topological polar surface area (TPSA) is 70.6 Å². The highest BCUT2D eigenvalue weighted by Gasteiger charge is 2.30. The molecule has 0 fully saturated rings. The summed E-state index contributed by atoms with van der Waals surface area (Å²) in [6.07, 6.45) is -5.64. The lowest BCUT2D eigenvalue weighted by Gasteiger charge is -2.15. The summed E-state index contributed by atoms with van der Waals surface area (Å²) in [4.78, 5) is 11.6. The van der Waals surface area contributed by atoms with Crippen LogP contribution in [0.3, 0.4) is 0 Å². The number of amides is 2. The summed E-state index contributed by atoms with van der Waals surface area (Å²) in [6, 6.07) is 8.80.